The molecule has 0 radical (unpaired) electrons. The summed E-state index contributed by atoms with van der Waals surface area (Å²) in [7, 11) is 0. The monoisotopic (exact) mass is 602 g/mol. The number of piperidine rings is 1. The lowest BCUT2D eigenvalue weighted by atomic mass is 10.0. The third kappa shape index (κ3) is 5.61. The molecule has 0 unspecified atom stereocenters. The van der Waals surface area contributed by atoms with Gasteiger partial charge in [-0.3, -0.25) is 19.4 Å². The van der Waals surface area contributed by atoms with E-state index in [1.54, 1.807) is 12.4 Å². The normalized spacial score (nSPS) is 15.1. The van der Waals surface area contributed by atoms with Gasteiger partial charge in [-0.05, 0) is 30.5 Å². The van der Waals surface area contributed by atoms with Crippen molar-refractivity contribution >= 4 is 5.82 Å². The fourth-order valence-corrected chi connectivity index (χ4v) is 6.17. The molecule has 0 saturated carbocycles. The highest BCUT2D eigenvalue weighted by Crippen LogP contribution is 2.41. The van der Waals surface area contributed by atoms with E-state index in [2.05, 4.69) is 60.8 Å². The second-order valence-corrected chi connectivity index (χ2v) is 11.1. The molecule has 5 aromatic rings. The fourth-order valence-electron chi connectivity index (χ4n) is 6.17. The highest BCUT2D eigenvalue weighted by molar-refractivity contribution is 5.83. The predicted molar refractivity (Wildman–Crippen MR) is 164 cm³/mol. The molecular weight excluding hydrogens is 572 g/mol. The largest absolute Gasteiger partial charge is 0.472 e. The predicted octanol–water partition coefficient (Wildman–Crippen LogP) is 3.35. The molecule has 0 amide bonds. The Morgan fingerprint density at radius 3 is 2.44 bits per heavy atom. The highest BCUT2D eigenvalue weighted by Gasteiger charge is 2.38. The lowest BCUT2D eigenvalue weighted by Crippen LogP contribution is -2.57. The molecule has 0 bridgehead atoms. The molecule has 0 spiro atoms. The maximum absolute atomic E-state index is 10.1. The molecule has 2 aliphatic rings. The third-order valence-corrected chi connectivity index (χ3v) is 8.25. The summed E-state index contributed by atoms with van der Waals surface area (Å²) in [6, 6.07) is 23.3. The molecule has 3 aromatic heterocycles. The zero-order valence-corrected chi connectivity index (χ0v) is 24.2. The summed E-state index contributed by atoms with van der Waals surface area (Å²) in [5.74, 6) is 1.54. The number of hydrogen-bond donors (Lipinski definition) is 3. The summed E-state index contributed by atoms with van der Waals surface area (Å²) >= 11 is 0. The molecule has 12 nitrogen and oxygen atoms in total. The van der Waals surface area contributed by atoms with Gasteiger partial charge in [-0.15, -0.1) is 0 Å². The van der Waals surface area contributed by atoms with Crippen LogP contribution in [0.3, 0.4) is 0 Å². The van der Waals surface area contributed by atoms with Crippen molar-refractivity contribution in [3.8, 4) is 45.7 Å². The van der Waals surface area contributed by atoms with Crippen LogP contribution in [0.5, 0.6) is 5.75 Å². The average molecular weight is 603 g/mol. The molecule has 3 N–H and O–H groups in total. The van der Waals surface area contributed by atoms with Crippen molar-refractivity contribution in [3.63, 3.8) is 0 Å². The minimum absolute atomic E-state index is 0.0743. The smallest absolute Gasteiger partial charge is 0.371 e. The standard InChI is InChI=1S/C33H30N8O4/c34-18-28-36-15-11-29(37-28)41(33(42,43)44)25-12-16-39(17-13-25)20-22-6-8-23(9-7-22)30-31(24-4-2-1-3-5-24)40-21-45-27-10-14-35-19-26(27)32(40)38-30/h1-11,14-15,19,25,42-44H,12-13,16-17,20-21H2. The SMILES string of the molecule is N#Cc1nccc(N(C2CCN(Cc3ccc(-c4nc5n(c4-c4ccccc4)COc4ccncc4-5)cc3)CC2)C(O)(O)O)n1. The Hall–Kier alpha value is -5.19. The Balaban J connectivity index is 1.09. The zero-order chi connectivity index (χ0) is 31.0. The number of pyridine rings is 1. The minimum atomic E-state index is -3.13. The molecule has 7 rings (SSSR count). The zero-order valence-electron chi connectivity index (χ0n) is 24.2. The van der Waals surface area contributed by atoms with Crippen LogP contribution < -0.4 is 9.64 Å². The van der Waals surface area contributed by atoms with Gasteiger partial charge in [0.25, 0.3) is 0 Å². The van der Waals surface area contributed by atoms with Crippen LogP contribution in [0.15, 0.2) is 85.3 Å². The van der Waals surface area contributed by atoms with Crippen LogP contribution in [0.1, 0.15) is 24.2 Å². The van der Waals surface area contributed by atoms with E-state index in [1.807, 2.05) is 30.3 Å². The van der Waals surface area contributed by atoms with Crippen molar-refractivity contribution in [2.24, 2.45) is 0 Å². The Morgan fingerprint density at radius 1 is 0.933 bits per heavy atom. The average Bonchev–Trinajstić information content (AvgIpc) is 3.46. The number of aromatic nitrogens is 5. The van der Waals surface area contributed by atoms with Gasteiger partial charge in [0.05, 0.1) is 17.0 Å². The van der Waals surface area contributed by atoms with Gasteiger partial charge in [0.2, 0.25) is 5.82 Å². The Bertz CT molecular complexity index is 1860. The first-order chi connectivity index (χ1) is 21.9. The van der Waals surface area contributed by atoms with Crippen LogP contribution in [-0.2, 0) is 13.3 Å². The lowest BCUT2D eigenvalue weighted by Gasteiger charge is -2.42. The second kappa shape index (κ2) is 11.7. The van der Waals surface area contributed by atoms with E-state index >= 15 is 0 Å². The molecular formula is C33H30N8O4. The number of nitriles is 1. The molecule has 45 heavy (non-hydrogen) atoms. The van der Waals surface area contributed by atoms with Crippen LogP contribution in [-0.4, -0.2) is 70.0 Å². The number of hydrogen-bond acceptors (Lipinski definition) is 11. The first-order valence-corrected chi connectivity index (χ1v) is 14.6. The maximum Gasteiger partial charge on any atom is 0.371 e. The van der Waals surface area contributed by atoms with E-state index in [1.165, 1.54) is 12.3 Å². The van der Waals surface area contributed by atoms with E-state index in [9.17, 15) is 15.3 Å². The van der Waals surface area contributed by atoms with Crippen LogP contribution in [0.4, 0.5) is 5.82 Å². The number of nitrogens with zero attached hydrogens (tertiary/aromatic N) is 8. The number of fused-ring (bicyclic) bond motifs is 3. The van der Waals surface area contributed by atoms with Crippen molar-refractivity contribution in [2.75, 3.05) is 18.0 Å². The summed E-state index contributed by atoms with van der Waals surface area (Å²) in [6.07, 6.45) is 2.83. The van der Waals surface area contributed by atoms with Crippen molar-refractivity contribution in [3.05, 3.63) is 96.7 Å². The van der Waals surface area contributed by atoms with Gasteiger partial charge in [0.1, 0.15) is 23.5 Å². The van der Waals surface area contributed by atoms with E-state index in [4.69, 9.17) is 15.0 Å². The summed E-state index contributed by atoms with van der Waals surface area (Å²) in [5.41, 5.74) is 5.88. The summed E-state index contributed by atoms with van der Waals surface area (Å²) in [6.45, 7) is 2.39. The maximum atomic E-state index is 10.1. The number of aliphatic hydroxyl groups is 3. The van der Waals surface area contributed by atoms with Crippen molar-refractivity contribution in [1.29, 1.82) is 5.26 Å². The van der Waals surface area contributed by atoms with Crippen molar-refractivity contribution in [1.82, 2.24) is 29.4 Å². The topological polar surface area (TPSA) is 157 Å². The van der Waals surface area contributed by atoms with Crippen LogP contribution >= 0.6 is 0 Å². The Labute approximate surface area is 259 Å². The first-order valence-electron chi connectivity index (χ1n) is 14.6. The van der Waals surface area contributed by atoms with Crippen molar-refractivity contribution < 1.29 is 20.1 Å². The molecule has 2 aromatic carbocycles. The Kier molecular flexibility index (Phi) is 7.44. The summed E-state index contributed by atoms with van der Waals surface area (Å²) in [5, 5.41) is 39.5. The van der Waals surface area contributed by atoms with Crippen LogP contribution in [0.25, 0.3) is 33.9 Å². The van der Waals surface area contributed by atoms with Crippen molar-refractivity contribution in [2.45, 2.75) is 38.3 Å². The number of anilines is 1. The number of rotatable bonds is 7. The van der Waals surface area contributed by atoms with Gasteiger partial charge < -0.3 is 20.1 Å². The highest BCUT2D eigenvalue weighted by atomic mass is 16.7. The number of imidazole rings is 1. The van der Waals surface area contributed by atoms with E-state index in [0.29, 0.717) is 39.2 Å². The number of likely N-dealkylation sites (tertiary alicyclic amines) is 1. The molecule has 226 valence electrons. The van der Waals surface area contributed by atoms with Crippen LogP contribution in [0, 0.1) is 11.3 Å². The van der Waals surface area contributed by atoms with Crippen LogP contribution in [0.2, 0.25) is 0 Å². The Morgan fingerprint density at radius 2 is 1.71 bits per heavy atom. The van der Waals surface area contributed by atoms with Gasteiger partial charge in [0, 0.05) is 55.4 Å². The van der Waals surface area contributed by atoms with Gasteiger partial charge >= 0.3 is 6.10 Å². The van der Waals surface area contributed by atoms with Gasteiger partial charge in [0.15, 0.2) is 6.73 Å². The second-order valence-electron chi connectivity index (χ2n) is 11.1. The molecule has 0 atom stereocenters. The summed E-state index contributed by atoms with van der Waals surface area (Å²) < 4.78 is 8.15. The van der Waals surface area contributed by atoms with Gasteiger partial charge in [-0.25, -0.2) is 15.0 Å². The number of benzene rings is 2. The fraction of sp³-hybridized carbons (Fsp3) is 0.242. The molecule has 5 heterocycles. The first kappa shape index (κ1) is 28.6. The van der Waals surface area contributed by atoms with Gasteiger partial charge in [-0.2, -0.15) is 5.26 Å². The lowest BCUT2D eigenvalue weighted by molar-refractivity contribution is -0.314. The third-order valence-electron chi connectivity index (χ3n) is 8.25. The molecule has 1 saturated heterocycles. The number of ether oxygens (including phenoxy) is 1. The van der Waals surface area contributed by atoms with E-state index in [0.717, 1.165) is 50.1 Å². The quantitative estimate of drug-likeness (QED) is 0.235. The van der Waals surface area contributed by atoms with Gasteiger partial charge in [-0.1, -0.05) is 54.6 Å². The molecule has 1 fully saturated rings. The summed E-state index contributed by atoms with van der Waals surface area (Å²) in [4.78, 5) is 20.6. The van der Waals surface area contributed by atoms with E-state index in [-0.39, 0.29) is 11.6 Å². The molecule has 2 aliphatic heterocycles. The molecule has 0 aliphatic carbocycles. The minimum Gasteiger partial charge on any atom is -0.472 e. The molecule has 12 heteroatoms. The van der Waals surface area contributed by atoms with E-state index < -0.39 is 12.1 Å².